The number of nitrogens with two attached hydrogens (primary N) is 1. The van der Waals surface area contributed by atoms with Crippen molar-refractivity contribution >= 4 is 23.1 Å². The summed E-state index contributed by atoms with van der Waals surface area (Å²) in [5.41, 5.74) is 7.56. The molecule has 1 heterocycles. The lowest BCUT2D eigenvalue weighted by atomic mass is 10.2. The maximum atomic E-state index is 12.1. The number of likely N-dealkylation sites (N-methyl/N-ethyl adjacent to an activating group) is 1. The zero-order valence-corrected chi connectivity index (χ0v) is 14.6. The number of hydrogen-bond donors (Lipinski definition) is 1. The van der Waals surface area contributed by atoms with Crippen LogP contribution in [0.5, 0.6) is 5.75 Å². The monoisotopic (exact) mass is 347 g/mol. The molecule has 0 spiro atoms. The van der Waals surface area contributed by atoms with Crippen molar-refractivity contribution in [2.75, 3.05) is 20.3 Å². The van der Waals surface area contributed by atoms with Crippen LogP contribution in [0.1, 0.15) is 18.1 Å². The van der Waals surface area contributed by atoms with Gasteiger partial charge in [0, 0.05) is 24.5 Å². The highest BCUT2D eigenvalue weighted by Gasteiger charge is 2.10. The molecule has 0 bridgehead atoms. The highest BCUT2D eigenvalue weighted by atomic mass is 32.1. The van der Waals surface area contributed by atoms with Gasteiger partial charge in [-0.2, -0.15) is 11.3 Å². The largest absolute Gasteiger partial charge is 0.494 e. The minimum Gasteiger partial charge on any atom is -0.494 e. The molecule has 0 atom stereocenters. The van der Waals surface area contributed by atoms with Crippen molar-refractivity contribution in [1.29, 1.82) is 0 Å². The highest BCUT2D eigenvalue weighted by molar-refractivity contribution is 7.08. The summed E-state index contributed by atoms with van der Waals surface area (Å²) in [5, 5.41) is 7.52. The van der Waals surface area contributed by atoms with Crippen molar-refractivity contribution in [3.05, 3.63) is 52.2 Å². The van der Waals surface area contributed by atoms with Crippen molar-refractivity contribution in [1.82, 2.24) is 4.90 Å². The van der Waals surface area contributed by atoms with E-state index < -0.39 is 0 Å². The average Bonchev–Trinajstić information content (AvgIpc) is 3.11. The van der Waals surface area contributed by atoms with Gasteiger partial charge in [-0.3, -0.25) is 4.79 Å². The Hall–Kier alpha value is -2.54. The van der Waals surface area contributed by atoms with Gasteiger partial charge in [0.25, 0.3) is 5.91 Å². The molecule has 7 heteroatoms. The molecule has 0 aliphatic carbocycles. The lowest BCUT2D eigenvalue weighted by molar-refractivity contribution is -0.135. The molecular formula is C17H21N3O3S. The smallest absolute Gasteiger partial charge is 0.263 e. The third-order valence-electron chi connectivity index (χ3n) is 3.25. The molecule has 0 aliphatic heterocycles. The second-order valence-corrected chi connectivity index (χ2v) is 5.87. The van der Waals surface area contributed by atoms with Gasteiger partial charge >= 0.3 is 0 Å². The number of nitrogens with zero attached hydrogens (tertiary/aromatic N) is 2. The zero-order valence-electron chi connectivity index (χ0n) is 13.8. The number of oxime groups is 1. The van der Waals surface area contributed by atoms with Crippen LogP contribution in [0.15, 0.2) is 46.2 Å². The van der Waals surface area contributed by atoms with Gasteiger partial charge in [0.2, 0.25) is 0 Å². The van der Waals surface area contributed by atoms with E-state index in [1.165, 1.54) is 11.3 Å². The first-order valence-electron chi connectivity index (χ1n) is 7.54. The molecule has 1 amide bonds. The minimum atomic E-state index is -0.175. The fourth-order valence-electron chi connectivity index (χ4n) is 1.95. The zero-order chi connectivity index (χ0) is 17.4. The van der Waals surface area contributed by atoms with E-state index in [0.29, 0.717) is 13.2 Å². The van der Waals surface area contributed by atoms with Gasteiger partial charge in [0.05, 0.1) is 6.61 Å². The minimum absolute atomic E-state index is 0.154. The van der Waals surface area contributed by atoms with Gasteiger partial charge in [-0.15, -0.1) is 0 Å². The van der Waals surface area contributed by atoms with E-state index in [1.807, 2.05) is 48.0 Å². The molecule has 6 nitrogen and oxygen atoms in total. The summed E-state index contributed by atoms with van der Waals surface area (Å²) in [5.74, 6) is 0.903. The van der Waals surface area contributed by atoms with Crippen LogP contribution < -0.4 is 10.5 Å². The van der Waals surface area contributed by atoms with Crippen LogP contribution in [0.25, 0.3) is 0 Å². The number of amidine groups is 1. The second kappa shape index (κ2) is 8.93. The van der Waals surface area contributed by atoms with Crippen molar-refractivity contribution in [2.24, 2.45) is 10.9 Å². The standard InChI is InChI=1S/C17H21N3O3S/c1-3-22-15-6-4-13(5-7-15)10-20(2)16(21)11-23-19-17(18)14-8-9-24-12-14/h4-9,12H,3,10-11H2,1-2H3,(H2,18,19). The van der Waals surface area contributed by atoms with Crippen molar-refractivity contribution in [2.45, 2.75) is 13.5 Å². The Labute approximate surface area is 145 Å². The van der Waals surface area contributed by atoms with E-state index in [0.717, 1.165) is 16.9 Å². The number of amides is 1. The summed E-state index contributed by atoms with van der Waals surface area (Å²) in [7, 11) is 1.72. The average molecular weight is 347 g/mol. The molecule has 0 saturated heterocycles. The molecule has 1 aromatic heterocycles. The van der Waals surface area contributed by atoms with Gasteiger partial charge in [-0.1, -0.05) is 17.3 Å². The first-order chi connectivity index (χ1) is 11.6. The second-order valence-electron chi connectivity index (χ2n) is 5.09. The van der Waals surface area contributed by atoms with Crippen molar-refractivity contribution < 1.29 is 14.4 Å². The quantitative estimate of drug-likeness (QED) is 0.452. The summed E-state index contributed by atoms with van der Waals surface area (Å²) in [6.07, 6.45) is 0. The molecule has 2 N–H and O–H groups in total. The first kappa shape index (κ1) is 17.8. The Morgan fingerprint density at radius 2 is 2.04 bits per heavy atom. The SMILES string of the molecule is CCOc1ccc(CN(C)C(=O)CO/N=C(/N)c2ccsc2)cc1. The van der Waals surface area contributed by atoms with Crippen LogP contribution in [0.2, 0.25) is 0 Å². The third-order valence-corrected chi connectivity index (χ3v) is 3.93. The summed E-state index contributed by atoms with van der Waals surface area (Å²) >= 11 is 1.52. The molecule has 1 aromatic carbocycles. The van der Waals surface area contributed by atoms with Crippen LogP contribution in [-0.2, 0) is 16.2 Å². The number of rotatable bonds is 8. The summed E-state index contributed by atoms with van der Waals surface area (Å²) in [6.45, 7) is 2.90. The Kier molecular flexibility index (Phi) is 6.62. The van der Waals surface area contributed by atoms with E-state index in [9.17, 15) is 4.79 Å². The van der Waals surface area contributed by atoms with Crippen LogP contribution in [-0.4, -0.2) is 36.9 Å². The molecule has 2 rings (SSSR count). The summed E-state index contributed by atoms with van der Waals surface area (Å²) in [6, 6.07) is 9.48. The Bertz CT molecular complexity index is 669. The van der Waals surface area contributed by atoms with Gasteiger partial charge in [-0.05, 0) is 36.1 Å². The lowest BCUT2D eigenvalue weighted by Gasteiger charge is -2.16. The lowest BCUT2D eigenvalue weighted by Crippen LogP contribution is -2.29. The molecule has 2 aromatic rings. The molecule has 0 aliphatic rings. The predicted octanol–water partition coefficient (Wildman–Crippen LogP) is 2.44. The molecule has 24 heavy (non-hydrogen) atoms. The van der Waals surface area contributed by atoms with E-state index in [4.69, 9.17) is 15.3 Å². The van der Waals surface area contributed by atoms with Gasteiger partial charge in [0.15, 0.2) is 12.4 Å². The number of benzene rings is 1. The fraction of sp³-hybridized carbons (Fsp3) is 0.294. The van der Waals surface area contributed by atoms with Crippen LogP contribution in [0, 0.1) is 0 Å². The number of carbonyl (C=O) groups is 1. The van der Waals surface area contributed by atoms with Gasteiger partial charge < -0.3 is 20.2 Å². The molecule has 0 fully saturated rings. The molecule has 0 saturated carbocycles. The number of thiophene rings is 1. The number of carbonyl (C=O) groups excluding carboxylic acids is 1. The summed E-state index contributed by atoms with van der Waals surface area (Å²) in [4.78, 5) is 18.7. The summed E-state index contributed by atoms with van der Waals surface area (Å²) < 4.78 is 5.39. The third kappa shape index (κ3) is 5.27. The Morgan fingerprint density at radius 3 is 2.67 bits per heavy atom. The van der Waals surface area contributed by atoms with E-state index in [2.05, 4.69) is 5.16 Å². The predicted molar refractivity (Wildman–Crippen MR) is 95.1 cm³/mol. The normalized spacial score (nSPS) is 11.2. The molecular weight excluding hydrogens is 326 g/mol. The highest BCUT2D eigenvalue weighted by Crippen LogP contribution is 2.13. The van der Waals surface area contributed by atoms with E-state index in [1.54, 1.807) is 11.9 Å². The first-order valence-corrected chi connectivity index (χ1v) is 8.48. The topological polar surface area (TPSA) is 77.1 Å². The number of hydrogen-bond acceptors (Lipinski definition) is 5. The van der Waals surface area contributed by atoms with Crippen molar-refractivity contribution in [3.8, 4) is 5.75 Å². The Balaban J connectivity index is 1.80. The van der Waals surface area contributed by atoms with Crippen LogP contribution >= 0.6 is 11.3 Å². The maximum Gasteiger partial charge on any atom is 0.263 e. The van der Waals surface area contributed by atoms with E-state index >= 15 is 0 Å². The Morgan fingerprint density at radius 1 is 1.29 bits per heavy atom. The molecule has 128 valence electrons. The van der Waals surface area contributed by atoms with Crippen LogP contribution in [0.4, 0.5) is 0 Å². The molecule has 0 radical (unpaired) electrons. The van der Waals surface area contributed by atoms with Gasteiger partial charge in [0.1, 0.15) is 5.75 Å². The van der Waals surface area contributed by atoms with Crippen molar-refractivity contribution in [3.63, 3.8) is 0 Å². The molecule has 0 unspecified atom stereocenters. The van der Waals surface area contributed by atoms with Gasteiger partial charge in [-0.25, -0.2) is 0 Å². The van der Waals surface area contributed by atoms with E-state index in [-0.39, 0.29) is 18.3 Å². The maximum absolute atomic E-state index is 12.1. The fourth-order valence-corrected chi connectivity index (χ4v) is 2.60. The number of ether oxygens (including phenoxy) is 1. The van der Waals surface area contributed by atoms with Crippen LogP contribution in [0.3, 0.4) is 0 Å².